The zero-order valence-corrected chi connectivity index (χ0v) is 23.6. The van der Waals surface area contributed by atoms with Gasteiger partial charge in [-0.2, -0.15) is 0 Å². The van der Waals surface area contributed by atoms with Crippen molar-refractivity contribution >= 4 is 51.6 Å². The molecule has 0 aliphatic carbocycles. The number of nitrogens with one attached hydrogen (secondary N) is 2. The molecule has 3 fully saturated rings. The zero-order chi connectivity index (χ0) is 28.0. The summed E-state index contributed by atoms with van der Waals surface area (Å²) >= 11 is 1.63. The summed E-state index contributed by atoms with van der Waals surface area (Å²) < 4.78 is -0.716. The van der Waals surface area contributed by atoms with Gasteiger partial charge in [-0.3, -0.25) is 14.4 Å². The number of hydrogen-bond donors (Lipinski definition) is 3. The Morgan fingerprint density at radius 3 is 2.40 bits per heavy atom. The number of amides is 3. The fraction of sp³-hybridized carbons (Fsp3) is 0.406. The minimum Gasteiger partial charge on any atom is -0.394 e. The van der Waals surface area contributed by atoms with Crippen molar-refractivity contribution in [3.05, 3.63) is 72.8 Å². The largest absolute Gasteiger partial charge is 0.394 e. The smallest absolute Gasteiger partial charge is 0.248 e. The van der Waals surface area contributed by atoms with E-state index in [-0.39, 0.29) is 35.5 Å². The third-order valence-corrected chi connectivity index (χ3v) is 10.6. The number of carbonyl (C=O) groups excluding carboxylic acids is 3. The van der Waals surface area contributed by atoms with Crippen molar-refractivity contribution in [1.82, 2.24) is 4.90 Å². The van der Waals surface area contributed by atoms with Gasteiger partial charge >= 0.3 is 0 Å². The van der Waals surface area contributed by atoms with Crippen LogP contribution in [0.15, 0.2) is 72.8 Å². The van der Waals surface area contributed by atoms with Gasteiger partial charge in [0.1, 0.15) is 6.04 Å². The second-order valence-corrected chi connectivity index (χ2v) is 13.3. The van der Waals surface area contributed by atoms with Crippen LogP contribution < -0.4 is 10.6 Å². The van der Waals surface area contributed by atoms with Crippen molar-refractivity contribution in [3.8, 4) is 0 Å². The number of hydrogen-bond acceptors (Lipinski definition) is 5. The first-order valence-corrected chi connectivity index (χ1v) is 15.0. The highest BCUT2D eigenvalue weighted by Gasteiger charge is 2.74. The summed E-state index contributed by atoms with van der Waals surface area (Å²) in [4.78, 5) is 43.8. The molecule has 0 aromatic heterocycles. The summed E-state index contributed by atoms with van der Waals surface area (Å²) in [7, 11) is 0. The molecule has 3 aliphatic rings. The maximum atomic E-state index is 14.3. The molecule has 208 valence electrons. The number of likely N-dealkylation sites (tertiary alicyclic amines) is 1. The summed E-state index contributed by atoms with van der Waals surface area (Å²) in [5.41, 5.74) is 1.35. The van der Waals surface area contributed by atoms with Gasteiger partial charge in [0, 0.05) is 16.6 Å². The van der Waals surface area contributed by atoms with Crippen molar-refractivity contribution in [2.75, 3.05) is 17.2 Å². The molecular formula is C32H35N3O4S. The van der Waals surface area contributed by atoms with E-state index in [1.54, 1.807) is 16.7 Å². The molecule has 3 amide bonds. The number of anilines is 2. The van der Waals surface area contributed by atoms with Crippen molar-refractivity contribution in [1.29, 1.82) is 0 Å². The molecule has 0 saturated carbocycles. The Balaban J connectivity index is 1.36. The molecule has 3 saturated heterocycles. The Morgan fingerprint density at radius 2 is 1.68 bits per heavy atom. The van der Waals surface area contributed by atoms with Crippen LogP contribution in [0.4, 0.5) is 11.4 Å². The van der Waals surface area contributed by atoms with E-state index in [1.165, 1.54) is 0 Å². The van der Waals surface area contributed by atoms with Crippen LogP contribution in [-0.2, 0) is 14.4 Å². The van der Waals surface area contributed by atoms with Gasteiger partial charge in [0.15, 0.2) is 0 Å². The summed E-state index contributed by atoms with van der Waals surface area (Å²) in [5.74, 6) is -1.57. The van der Waals surface area contributed by atoms with Crippen LogP contribution >= 0.6 is 11.8 Å². The molecule has 0 radical (unpaired) electrons. The van der Waals surface area contributed by atoms with Gasteiger partial charge in [-0.05, 0) is 60.2 Å². The van der Waals surface area contributed by atoms with E-state index in [0.29, 0.717) is 24.2 Å². The third kappa shape index (κ3) is 4.47. The Labute approximate surface area is 238 Å². The Bertz CT molecular complexity index is 1450. The van der Waals surface area contributed by atoms with Gasteiger partial charge in [-0.15, -0.1) is 11.8 Å². The SMILES string of the molecule is CC(C)C[C@H](CO)N1C(=O)[C@@H]2[C@H](C(=O)Nc3ccccc3)[C@@H]3CCC2(S3)C1C(=O)Nc1ccc2ccccc2c1. The molecule has 8 heteroatoms. The Morgan fingerprint density at radius 1 is 0.975 bits per heavy atom. The number of aliphatic hydroxyl groups is 1. The highest BCUT2D eigenvalue weighted by Crippen LogP contribution is 2.66. The molecule has 6 atom stereocenters. The molecular weight excluding hydrogens is 522 g/mol. The second-order valence-electron chi connectivity index (χ2n) is 11.7. The van der Waals surface area contributed by atoms with Gasteiger partial charge in [0.05, 0.1) is 29.2 Å². The first kappa shape index (κ1) is 26.8. The van der Waals surface area contributed by atoms with E-state index in [0.717, 1.165) is 17.2 Å². The molecule has 3 aromatic rings. The zero-order valence-electron chi connectivity index (χ0n) is 22.7. The van der Waals surface area contributed by atoms with Crippen LogP contribution in [-0.4, -0.2) is 56.4 Å². The average Bonchev–Trinajstić information content (AvgIpc) is 3.59. The van der Waals surface area contributed by atoms with Crippen LogP contribution in [0.3, 0.4) is 0 Å². The van der Waals surface area contributed by atoms with Crippen LogP contribution in [0.25, 0.3) is 10.8 Å². The van der Waals surface area contributed by atoms with Gasteiger partial charge in [0.2, 0.25) is 17.7 Å². The molecule has 7 nitrogen and oxygen atoms in total. The van der Waals surface area contributed by atoms with Gasteiger partial charge in [0.25, 0.3) is 0 Å². The fourth-order valence-electron chi connectivity index (χ4n) is 7.13. The lowest BCUT2D eigenvalue weighted by atomic mass is 9.70. The minimum absolute atomic E-state index is 0.0338. The lowest BCUT2D eigenvalue weighted by molar-refractivity contribution is -0.141. The van der Waals surface area contributed by atoms with Crippen molar-refractivity contribution < 1.29 is 19.5 Å². The third-order valence-electron chi connectivity index (χ3n) is 8.70. The topological polar surface area (TPSA) is 98.7 Å². The quantitative estimate of drug-likeness (QED) is 0.365. The molecule has 3 heterocycles. The highest BCUT2D eigenvalue weighted by atomic mass is 32.2. The monoisotopic (exact) mass is 557 g/mol. The summed E-state index contributed by atoms with van der Waals surface area (Å²) in [6.07, 6.45) is 2.02. The van der Waals surface area contributed by atoms with E-state index in [4.69, 9.17) is 0 Å². The van der Waals surface area contributed by atoms with E-state index in [2.05, 4.69) is 10.6 Å². The average molecular weight is 558 g/mol. The molecule has 3 aromatic carbocycles. The predicted molar refractivity (Wildman–Crippen MR) is 159 cm³/mol. The van der Waals surface area contributed by atoms with Crippen molar-refractivity contribution in [3.63, 3.8) is 0 Å². The van der Waals surface area contributed by atoms with Crippen LogP contribution in [0.5, 0.6) is 0 Å². The number of benzene rings is 3. The molecule has 2 bridgehead atoms. The summed E-state index contributed by atoms with van der Waals surface area (Å²) in [6.45, 7) is 3.85. The van der Waals surface area contributed by atoms with Crippen molar-refractivity contribution in [2.45, 2.75) is 55.2 Å². The van der Waals surface area contributed by atoms with Crippen LogP contribution in [0, 0.1) is 17.8 Å². The maximum Gasteiger partial charge on any atom is 0.248 e. The number of thioether (sulfide) groups is 1. The number of rotatable bonds is 8. The van der Waals surface area contributed by atoms with Gasteiger partial charge in [-0.25, -0.2) is 0 Å². The predicted octanol–water partition coefficient (Wildman–Crippen LogP) is 4.92. The van der Waals surface area contributed by atoms with E-state index < -0.39 is 28.7 Å². The second kappa shape index (κ2) is 10.6. The number of carbonyl (C=O) groups is 3. The summed E-state index contributed by atoms with van der Waals surface area (Å²) in [5, 5.41) is 18.6. The molecule has 40 heavy (non-hydrogen) atoms. The first-order chi connectivity index (χ1) is 19.3. The molecule has 1 spiro atoms. The standard InChI is InChI=1S/C32H35N3O4S/c1-19(2)16-24(18-36)35-28(30(38)34-23-13-12-20-8-6-7-9-21(20)17-23)32-15-14-25(40-32)26(27(32)31(35)39)29(37)33-22-10-4-3-5-11-22/h3-13,17,19,24-28,36H,14-16,18H2,1-2H3,(H,33,37)(H,34,38)/t24-,25+,26-,27+,28?,32?/m1/s1. The molecule has 6 rings (SSSR count). The Kier molecular flexibility index (Phi) is 7.09. The van der Waals surface area contributed by atoms with E-state index in [1.807, 2.05) is 86.6 Å². The minimum atomic E-state index is -0.781. The lowest BCUT2D eigenvalue weighted by Crippen LogP contribution is -2.55. The van der Waals surface area contributed by atoms with Gasteiger partial charge < -0.3 is 20.6 Å². The molecule has 2 unspecified atom stereocenters. The van der Waals surface area contributed by atoms with Crippen LogP contribution in [0.1, 0.15) is 33.1 Å². The van der Waals surface area contributed by atoms with Crippen molar-refractivity contribution in [2.24, 2.45) is 17.8 Å². The maximum absolute atomic E-state index is 14.3. The van der Waals surface area contributed by atoms with Gasteiger partial charge in [-0.1, -0.05) is 62.4 Å². The lowest BCUT2D eigenvalue weighted by Gasteiger charge is -2.37. The van der Waals surface area contributed by atoms with Crippen LogP contribution in [0.2, 0.25) is 0 Å². The fourth-order valence-corrected chi connectivity index (χ4v) is 9.34. The van der Waals surface area contributed by atoms with E-state index in [9.17, 15) is 19.5 Å². The first-order valence-electron chi connectivity index (χ1n) is 14.1. The summed E-state index contributed by atoms with van der Waals surface area (Å²) in [6, 6.07) is 21.7. The molecule has 3 aliphatic heterocycles. The Hall–Kier alpha value is -3.36. The number of aliphatic hydroxyl groups excluding tert-OH is 1. The highest BCUT2D eigenvalue weighted by molar-refractivity contribution is 8.02. The normalized spacial score (nSPS) is 27.7. The van der Waals surface area contributed by atoms with E-state index >= 15 is 0 Å². The number of para-hydroxylation sites is 1. The number of nitrogens with zero attached hydrogens (tertiary/aromatic N) is 1. The molecule has 3 N–H and O–H groups in total. The number of fused-ring (bicyclic) bond motifs is 2.